The summed E-state index contributed by atoms with van der Waals surface area (Å²) in [4.78, 5) is 177. The third kappa shape index (κ3) is 31.2. The quantitative estimate of drug-likeness (QED) is 0.0289. The fourth-order valence-corrected chi connectivity index (χ4v) is 13.9. The number of benzene rings is 2. The predicted molar refractivity (Wildman–Crippen MR) is 391 cm³/mol. The van der Waals surface area contributed by atoms with Crippen molar-refractivity contribution in [2.24, 2.45) is 17.8 Å². The molecule has 2 aromatic carbocycles. The van der Waals surface area contributed by atoms with E-state index in [9.17, 15) is 97.7 Å². The van der Waals surface area contributed by atoms with E-state index in [1.165, 1.54) is 35.8 Å². The van der Waals surface area contributed by atoms with E-state index >= 15 is 0 Å². The van der Waals surface area contributed by atoms with Crippen molar-refractivity contribution >= 4 is 102 Å². The zero-order chi connectivity index (χ0) is 77.2. The van der Waals surface area contributed by atoms with Crippen LogP contribution < -0.4 is 37.2 Å². The second kappa shape index (κ2) is 45.3. The van der Waals surface area contributed by atoms with Crippen molar-refractivity contribution in [2.75, 3.05) is 135 Å². The molecule has 7 amide bonds. The Labute approximate surface area is 619 Å². The first-order valence-electron chi connectivity index (χ1n) is 37.1. The van der Waals surface area contributed by atoms with Crippen LogP contribution in [0.5, 0.6) is 0 Å². The molecule has 0 aromatic heterocycles. The minimum atomic E-state index is -1.69. The number of rotatable bonds is 42. The van der Waals surface area contributed by atoms with Crippen LogP contribution in [0, 0.1) is 17.8 Å². The Morgan fingerprint density at radius 3 is 1.17 bits per heavy atom. The van der Waals surface area contributed by atoms with Gasteiger partial charge in [0.25, 0.3) is 11.8 Å². The van der Waals surface area contributed by atoms with E-state index < -0.39 is 91.6 Å². The molecule has 5 atom stereocenters. The van der Waals surface area contributed by atoms with Gasteiger partial charge < -0.3 is 82.4 Å². The largest absolute Gasteiger partial charge is 0.480 e. The lowest BCUT2D eigenvalue weighted by molar-refractivity contribution is -0.140. The fourth-order valence-electron chi connectivity index (χ4n) is 13.9. The molecule has 35 heteroatoms. The monoisotopic (exact) mass is 1490 g/mol. The van der Waals surface area contributed by atoms with E-state index in [2.05, 4.69) is 37.2 Å². The van der Waals surface area contributed by atoms with Gasteiger partial charge in [0.05, 0.1) is 51.2 Å². The van der Waals surface area contributed by atoms with Crippen LogP contribution in [0.4, 0.5) is 11.4 Å². The Balaban J connectivity index is 0.910. The number of hydrogen-bond acceptors (Lipinski definition) is 23. The highest BCUT2D eigenvalue weighted by molar-refractivity contribution is 6.44. The summed E-state index contributed by atoms with van der Waals surface area (Å²) < 4.78 is 0. The van der Waals surface area contributed by atoms with Crippen LogP contribution >= 0.6 is 0 Å². The smallest absolute Gasteiger partial charge is 0.475 e. The highest BCUT2D eigenvalue weighted by Crippen LogP contribution is 2.33. The van der Waals surface area contributed by atoms with Crippen LogP contribution in [0.15, 0.2) is 48.5 Å². The summed E-state index contributed by atoms with van der Waals surface area (Å²) in [6.07, 6.45) is 7.99. The lowest BCUT2D eigenvalue weighted by Crippen LogP contribution is -2.52. The third-order valence-corrected chi connectivity index (χ3v) is 19.9. The first kappa shape index (κ1) is 86.5. The molecular weight excluding hydrogens is 1380 g/mol. The summed E-state index contributed by atoms with van der Waals surface area (Å²) in [5, 5.41) is 87.8. The number of nitrogens with zero attached hydrogens (tertiary/aromatic N) is 6. The number of Topliss-reactive ketones (excluding diaryl/α,β-unsaturated/α-hetero) is 3. The number of nitrogens with one attached hydrogen (secondary N) is 7. The fraction of sp³-hybridized carbons (Fsp3) is 0.648. The number of likely N-dealkylation sites (tertiary alicyclic amines) is 2. The summed E-state index contributed by atoms with van der Waals surface area (Å²) in [5.41, 5.74) is 1.71. The maximum atomic E-state index is 14.1. The van der Waals surface area contributed by atoms with Gasteiger partial charge in [-0.3, -0.25) is 81.9 Å². The molecule has 14 N–H and O–H groups in total. The number of hydrogen-bond donors (Lipinski definition) is 14. The zero-order valence-corrected chi connectivity index (χ0v) is 61.1. The Hall–Kier alpha value is -8.44. The molecule has 3 heterocycles. The zero-order valence-electron chi connectivity index (χ0n) is 61.1. The molecule has 3 saturated heterocycles. The molecule has 33 nitrogen and oxygen atoms in total. The van der Waals surface area contributed by atoms with Gasteiger partial charge in [0.2, 0.25) is 29.5 Å². The van der Waals surface area contributed by atoms with Gasteiger partial charge in [0, 0.05) is 146 Å². The maximum Gasteiger partial charge on any atom is 0.475 e. The topological polar surface area (TPSA) is 467 Å². The molecule has 0 radical (unpaired) electrons. The lowest BCUT2D eigenvalue weighted by Gasteiger charge is -2.33. The van der Waals surface area contributed by atoms with Crippen LogP contribution in [-0.4, -0.2) is 304 Å². The number of carbonyl (C=O) groups is 13. The van der Waals surface area contributed by atoms with Gasteiger partial charge in [-0.15, -0.1) is 0 Å². The average Bonchev–Trinajstić information content (AvgIpc) is 1.65. The molecule has 1 saturated carbocycles. The van der Waals surface area contributed by atoms with Crippen molar-refractivity contribution in [3.05, 3.63) is 59.7 Å². The number of anilines is 2. The number of unbranched alkanes of at least 4 members (excludes halogenated alkanes) is 1. The minimum absolute atomic E-state index is 0.0386. The van der Waals surface area contributed by atoms with Crippen molar-refractivity contribution < 1.29 is 97.7 Å². The highest BCUT2D eigenvalue weighted by Gasteiger charge is 2.40. The van der Waals surface area contributed by atoms with Gasteiger partial charge >= 0.3 is 32.1 Å². The summed E-state index contributed by atoms with van der Waals surface area (Å²) >= 11 is 0. The SMILES string of the molecule is C[C@@H](NC(=O)c1ccc(NCC(=O)CCCNC(=O)CC2CCC(CC(=O)NCCCCC(CC(=O)CN3CCN(CC(=O)O)CCN(CC(=O)O)CCN(CC(=O)O)CC3)C(=O)NCCCC(=O)CNc3ccc(C(=O)N[C@H](C)C(=O)N4CCC[C@H]4B(O)O)cc3)CC2)cc1)C(=O)N1CCC[C@H]1B(O)O. The Morgan fingerprint density at radius 2 is 0.802 bits per heavy atom. The van der Waals surface area contributed by atoms with E-state index in [0.717, 1.165) is 25.7 Å². The number of amides is 7. The summed E-state index contributed by atoms with van der Waals surface area (Å²) in [6.45, 7) is 4.96. The Kier molecular flexibility index (Phi) is 36.9. The van der Waals surface area contributed by atoms with Crippen molar-refractivity contribution in [2.45, 2.75) is 153 Å². The van der Waals surface area contributed by atoms with Crippen LogP contribution in [0.3, 0.4) is 0 Å². The molecule has 4 aliphatic rings. The molecule has 584 valence electrons. The number of carbonyl (C=O) groups excluding carboxylic acids is 10. The van der Waals surface area contributed by atoms with Gasteiger partial charge in [-0.1, -0.05) is 6.42 Å². The highest BCUT2D eigenvalue weighted by atomic mass is 16.4. The van der Waals surface area contributed by atoms with E-state index in [1.807, 2.05) is 0 Å². The van der Waals surface area contributed by atoms with E-state index in [1.54, 1.807) is 56.0 Å². The minimum Gasteiger partial charge on any atom is -0.480 e. The molecule has 3 aliphatic heterocycles. The lowest BCUT2D eigenvalue weighted by atomic mass is 9.78. The number of carboxylic acid groups (broad SMARTS) is 3. The molecule has 106 heavy (non-hydrogen) atoms. The van der Waals surface area contributed by atoms with Crippen LogP contribution in [0.25, 0.3) is 0 Å². The Bertz CT molecular complexity index is 3230. The first-order valence-corrected chi connectivity index (χ1v) is 37.1. The van der Waals surface area contributed by atoms with Gasteiger partial charge in [-0.2, -0.15) is 0 Å². The standard InChI is InChI=1S/C71H109B2N13O20/c1-48(70(101)85-29-7-12-60(85)72(103)104)79-68(99)52-18-22-55(23-19-52)77-42-57(87)10-5-27-75-63(91)40-51-16-14-50(15-17-51)39-62(90)74-26-4-3-9-54(41-59(89)44-81-31-33-82(45-64(92)93)35-37-84(47-66(96)97)38-36-83(34-32-81)46-65(94)95)67(98)76-28-6-11-58(88)43-78-56-24-20-53(21-25-56)69(100)80-49(2)71(102)86-30-8-13-61(86)73(105)106/h18-25,48-51,54,60-61,77-78,103-106H,3-17,26-47H2,1-2H3,(H,74,90)(H,75,91)(H,76,98)(H,79,99)(H,80,100)(H,92,93)(H,94,95)(H,96,97)/t48-,49-,50?,51?,54?,60+,61+/m1/s1. The molecule has 1 aliphatic carbocycles. The van der Waals surface area contributed by atoms with E-state index in [0.29, 0.717) is 101 Å². The van der Waals surface area contributed by atoms with Crippen molar-refractivity contribution in [1.29, 1.82) is 0 Å². The molecule has 1 unspecified atom stereocenters. The van der Waals surface area contributed by atoms with Gasteiger partial charge in [-0.25, -0.2) is 0 Å². The van der Waals surface area contributed by atoms with Gasteiger partial charge in [0.1, 0.15) is 17.9 Å². The van der Waals surface area contributed by atoms with E-state index in [4.69, 9.17) is 0 Å². The Morgan fingerprint density at radius 1 is 0.443 bits per heavy atom. The van der Waals surface area contributed by atoms with Gasteiger partial charge in [-0.05, 0) is 151 Å². The molecule has 6 rings (SSSR count). The van der Waals surface area contributed by atoms with Gasteiger partial charge in [0.15, 0.2) is 11.6 Å². The summed E-state index contributed by atoms with van der Waals surface area (Å²) in [5.74, 6) is -8.25. The second-order valence-corrected chi connectivity index (χ2v) is 28.4. The molecule has 0 spiro atoms. The van der Waals surface area contributed by atoms with Crippen molar-refractivity contribution in [3.63, 3.8) is 0 Å². The molecular formula is C71H109B2N13O20. The van der Waals surface area contributed by atoms with Crippen molar-refractivity contribution in [3.8, 4) is 0 Å². The summed E-state index contributed by atoms with van der Waals surface area (Å²) in [6, 6.07) is 10.9. The maximum absolute atomic E-state index is 14.1. The second-order valence-electron chi connectivity index (χ2n) is 28.4. The number of carboxylic acids is 3. The van der Waals surface area contributed by atoms with Crippen LogP contribution in [-0.2, 0) is 52.7 Å². The van der Waals surface area contributed by atoms with Crippen LogP contribution in [0.2, 0.25) is 0 Å². The average molecular weight is 1490 g/mol. The molecule has 2 aromatic rings. The summed E-state index contributed by atoms with van der Waals surface area (Å²) in [7, 11) is -3.35. The predicted octanol–water partition coefficient (Wildman–Crippen LogP) is -0.692. The number of aliphatic carboxylic acids is 3. The number of ketones is 3. The molecule has 0 bridgehead atoms. The van der Waals surface area contributed by atoms with Crippen molar-refractivity contribution in [1.82, 2.24) is 56.0 Å². The molecule has 4 fully saturated rings. The first-order chi connectivity index (χ1) is 50.6. The third-order valence-electron chi connectivity index (χ3n) is 19.9. The van der Waals surface area contributed by atoms with Crippen LogP contribution in [0.1, 0.15) is 150 Å². The normalized spacial score (nSPS) is 19.4. The van der Waals surface area contributed by atoms with E-state index in [-0.39, 0.29) is 177 Å².